The topological polar surface area (TPSA) is 106 Å². The number of amides is 3. The molecule has 1 atom stereocenters. The third kappa shape index (κ3) is 9.50. The van der Waals surface area contributed by atoms with Crippen LogP contribution < -0.4 is 9.47 Å². The fourth-order valence-electron chi connectivity index (χ4n) is 5.30. The van der Waals surface area contributed by atoms with Crippen LogP contribution in [0.25, 0.3) is 0 Å². The summed E-state index contributed by atoms with van der Waals surface area (Å²) in [5.41, 5.74) is 3.37. The standard InChI is InChI=1S/C38H48N2O7/c1-25(2)23-45-30-13-8-27(9-14-30)18-20-40(36(42)43)35(41)34-33-22-32(47-31-16-11-29(12-17-31)38(5,6)7)15-10-28(33)19-21-39(34)37(44)46-24-26(3)4/h8-17,22,25-26,34H,18-21,23-24H2,1-7H3,(H,42,43)/t34-/m0/s1. The Kier molecular flexibility index (Phi) is 11.6. The van der Waals surface area contributed by atoms with Gasteiger partial charge in [0.1, 0.15) is 23.3 Å². The van der Waals surface area contributed by atoms with E-state index in [-0.39, 0.29) is 31.0 Å². The number of nitrogens with zero attached hydrogens (tertiary/aromatic N) is 2. The quantitative estimate of drug-likeness (QED) is 0.224. The molecule has 0 aromatic heterocycles. The Balaban J connectivity index is 1.61. The van der Waals surface area contributed by atoms with Gasteiger partial charge in [0.15, 0.2) is 0 Å². The van der Waals surface area contributed by atoms with Crippen molar-refractivity contribution in [1.29, 1.82) is 0 Å². The number of carbonyl (C=O) groups is 3. The van der Waals surface area contributed by atoms with Crippen LogP contribution in [0.4, 0.5) is 9.59 Å². The van der Waals surface area contributed by atoms with Crippen molar-refractivity contribution >= 4 is 18.1 Å². The van der Waals surface area contributed by atoms with Crippen molar-refractivity contribution in [1.82, 2.24) is 9.80 Å². The normalized spacial score (nSPS) is 14.5. The molecule has 9 heteroatoms. The highest BCUT2D eigenvalue weighted by atomic mass is 16.6. The van der Waals surface area contributed by atoms with E-state index in [0.29, 0.717) is 42.4 Å². The zero-order valence-corrected chi connectivity index (χ0v) is 28.6. The molecule has 0 fully saturated rings. The Hall–Kier alpha value is -4.53. The van der Waals surface area contributed by atoms with E-state index in [1.165, 1.54) is 10.5 Å². The smallest absolute Gasteiger partial charge is 0.414 e. The first kappa shape index (κ1) is 35.3. The fraction of sp³-hybridized carbons (Fsp3) is 0.447. The number of imide groups is 1. The minimum atomic E-state index is -1.39. The maximum absolute atomic E-state index is 14.2. The van der Waals surface area contributed by atoms with Crippen LogP contribution in [0.3, 0.4) is 0 Å². The third-order valence-electron chi connectivity index (χ3n) is 7.94. The number of carboxylic acid groups (broad SMARTS) is 1. The number of hydrogen-bond acceptors (Lipinski definition) is 6. The van der Waals surface area contributed by atoms with Crippen molar-refractivity contribution in [2.45, 2.75) is 72.8 Å². The lowest BCUT2D eigenvalue weighted by Crippen LogP contribution is -2.50. The summed E-state index contributed by atoms with van der Waals surface area (Å²) in [6.45, 7) is 15.3. The molecule has 1 aliphatic heterocycles. The summed E-state index contributed by atoms with van der Waals surface area (Å²) >= 11 is 0. The van der Waals surface area contributed by atoms with E-state index < -0.39 is 24.1 Å². The van der Waals surface area contributed by atoms with E-state index in [1.807, 2.05) is 74.5 Å². The zero-order valence-electron chi connectivity index (χ0n) is 28.6. The van der Waals surface area contributed by atoms with Gasteiger partial charge in [0, 0.05) is 13.1 Å². The monoisotopic (exact) mass is 644 g/mol. The third-order valence-corrected chi connectivity index (χ3v) is 7.94. The van der Waals surface area contributed by atoms with E-state index in [4.69, 9.17) is 14.2 Å². The molecule has 4 rings (SSSR count). The molecular weight excluding hydrogens is 596 g/mol. The lowest BCUT2D eigenvalue weighted by molar-refractivity contribution is -0.135. The van der Waals surface area contributed by atoms with Crippen molar-refractivity contribution in [2.75, 3.05) is 26.3 Å². The van der Waals surface area contributed by atoms with E-state index >= 15 is 0 Å². The molecule has 0 bridgehead atoms. The van der Waals surface area contributed by atoms with Crippen LogP contribution in [-0.2, 0) is 27.8 Å². The Morgan fingerprint density at radius 1 is 0.872 bits per heavy atom. The SMILES string of the molecule is CC(C)COC(=O)N1CCc2ccc(Oc3ccc(C(C)(C)C)cc3)cc2[C@H]1C(=O)N(CCc1ccc(OCC(C)C)cc1)C(=O)O. The highest BCUT2D eigenvalue weighted by molar-refractivity contribution is 5.97. The first-order valence-corrected chi connectivity index (χ1v) is 16.3. The molecule has 252 valence electrons. The van der Waals surface area contributed by atoms with Gasteiger partial charge in [-0.1, -0.05) is 78.8 Å². The fourth-order valence-corrected chi connectivity index (χ4v) is 5.30. The van der Waals surface area contributed by atoms with Crippen LogP contribution in [0.1, 0.15) is 76.8 Å². The number of fused-ring (bicyclic) bond motifs is 1. The molecule has 47 heavy (non-hydrogen) atoms. The second-order valence-corrected chi connectivity index (χ2v) is 13.9. The Bertz CT molecular complexity index is 1530. The van der Waals surface area contributed by atoms with Crippen LogP contribution in [0.15, 0.2) is 66.7 Å². The molecule has 9 nitrogen and oxygen atoms in total. The Morgan fingerprint density at radius 2 is 1.49 bits per heavy atom. The molecule has 0 saturated carbocycles. The molecular formula is C38H48N2O7. The van der Waals surface area contributed by atoms with Crippen molar-refractivity contribution in [3.8, 4) is 17.2 Å². The van der Waals surface area contributed by atoms with Gasteiger partial charge in [-0.2, -0.15) is 0 Å². The number of hydrogen-bond donors (Lipinski definition) is 1. The van der Waals surface area contributed by atoms with Crippen molar-refractivity contribution in [2.24, 2.45) is 11.8 Å². The van der Waals surface area contributed by atoms with Gasteiger partial charge in [0.2, 0.25) is 0 Å². The molecule has 0 saturated heterocycles. The second kappa shape index (κ2) is 15.4. The highest BCUT2D eigenvalue weighted by Gasteiger charge is 2.41. The van der Waals surface area contributed by atoms with Crippen LogP contribution in [-0.4, -0.2) is 59.3 Å². The molecule has 3 aromatic carbocycles. The molecule has 0 unspecified atom stereocenters. The summed E-state index contributed by atoms with van der Waals surface area (Å²) in [6, 6.07) is 19.5. The molecule has 1 N–H and O–H groups in total. The van der Waals surface area contributed by atoms with Gasteiger partial charge in [-0.05, 0) is 88.7 Å². The van der Waals surface area contributed by atoms with Crippen LogP contribution in [0.2, 0.25) is 0 Å². The Labute approximate surface area is 278 Å². The van der Waals surface area contributed by atoms with Gasteiger partial charge in [-0.3, -0.25) is 9.69 Å². The summed E-state index contributed by atoms with van der Waals surface area (Å²) in [4.78, 5) is 42.3. The second-order valence-electron chi connectivity index (χ2n) is 13.9. The largest absolute Gasteiger partial charge is 0.493 e. The number of rotatable bonds is 11. The average Bonchev–Trinajstić information content (AvgIpc) is 3.02. The summed E-state index contributed by atoms with van der Waals surface area (Å²) in [5.74, 6) is 1.59. The summed E-state index contributed by atoms with van der Waals surface area (Å²) in [6.07, 6.45) is -1.27. The van der Waals surface area contributed by atoms with Crippen LogP contribution in [0, 0.1) is 11.8 Å². The highest BCUT2D eigenvalue weighted by Crippen LogP contribution is 2.36. The summed E-state index contributed by atoms with van der Waals surface area (Å²) in [5, 5.41) is 10.2. The van der Waals surface area contributed by atoms with E-state index in [2.05, 4.69) is 34.6 Å². The van der Waals surface area contributed by atoms with E-state index in [0.717, 1.165) is 21.8 Å². The van der Waals surface area contributed by atoms with Crippen LogP contribution in [0.5, 0.6) is 17.2 Å². The minimum absolute atomic E-state index is 0.00704. The van der Waals surface area contributed by atoms with Gasteiger partial charge < -0.3 is 19.3 Å². The molecule has 3 amide bonds. The lowest BCUT2D eigenvalue weighted by Gasteiger charge is -2.37. The molecule has 0 spiro atoms. The summed E-state index contributed by atoms with van der Waals surface area (Å²) < 4.78 is 17.5. The van der Waals surface area contributed by atoms with Gasteiger partial charge in [-0.15, -0.1) is 0 Å². The molecule has 0 radical (unpaired) electrons. The van der Waals surface area contributed by atoms with Gasteiger partial charge in [0.05, 0.1) is 13.2 Å². The molecule has 3 aromatic rings. The van der Waals surface area contributed by atoms with E-state index in [9.17, 15) is 19.5 Å². The minimum Gasteiger partial charge on any atom is -0.493 e. The molecule has 1 aliphatic rings. The summed E-state index contributed by atoms with van der Waals surface area (Å²) in [7, 11) is 0. The molecule has 0 aliphatic carbocycles. The maximum Gasteiger partial charge on any atom is 0.414 e. The average molecular weight is 645 g/mol. The number of ether oxygens (including phenoxy) is 3. The zero-order chi connectivity index (χ0) is 34.3. The van der Waals surface area contributed by atoms with Crippen molar-refractivity contribution in [3.05, 3.63) is 89.0 Å². The van der Waals surface area contributed by atoms with Crippen molar-refractivity contribution < 1.29 is 33.7 Å². The maximum atomic E-state index is 14.2. The van der Waals surface area contributed by atoms with E-state index in [1.54, 1.807) is 6.07 Å². The van der Waals surface area contributed by atoms with Gasteiger partial charge in [-0.25, -0.2) is 14.5 Å². The van der Waals surface area contributed by atoms with Gasteiger partial charge in [0.25, 0.3) is 5.91 Å². The van der Waals surface area contributed by atoms with Crippen LogP contribution >= 0.6 is 0 Å². The van der Waals surface area contributed by atoms with Gasteiger partial charge >= 0.3 is 12.2 Å². The van der Waals surface area contributed by atoms with Crippen molar-refractivity contribution in [3.63, 3.8) is 0 Å². The Morgan fingerprint density at radius 3 is 2.09 bits per heavy atom. The first-order chi connectivity index (χ1) is 22.2. The number of benzene rings is 3. The number of carbonyl (C=O) groups excluding carboxylic acids is 2. The molecule has 1 heterocycles. The lowest BCUT2D eigenvalue weighted by atomic mass is 9.87. The predicted molar refractivity (Wildman–Crippen MR) is 181 cm³/mol. The predicted octanol–water partition coefficient (Wildman–Crippen LogP) is 8.25. The first-order valence-electron chi connectivity index (χ1n) is 16.3.